The van der Waals surface area contributed by atoms with Crippen molar-refractivity contribution in [1.29, 1.82) is 0 Å². The van der Waals surface area contributed by atoms with E-state index in [1.54, 1.807) is 0 Å². The molecule has 0 aromatic heterocycles. The second kappa shape index (κ2) is 6.27. The Labute approximate surface area is 119 Å². The lowest BCUT2D eigenvalue weighted by Crippen LogP contribution is -2.23. The van der Waals surface area contributed by atoms with Crippen LogP contribution in [0.2, 0.25) is 0 Å². The van der Waals surface area contributed by atoms with Crippen LogP contribution in [0.4, 0.5) is 5.69 Å². The van der Waals surface area contributed by atoms with Crippen molar-refractivity contribution in [2.45, 2.75) is 25.7 Å². The summed E-state index contributed by atoms with van der Waals surface area (Å²) in [6.45, 7) is 3.06. The van der Waals surface area contributed by atoms with Crippen LogP contribution in [-0.4, -0.2) is 32.3 Å². The van der Waals surface area contributed by atoms with Gasteiger partial charge in [-0.1, -0.05) is 6.07 Å². The highest BCUT2D eigenvalue weighted by atomic mass is 16.5. The van der Waals surface area contributed by atoms with Crippen LogP contribution < -0.4 is 5.32 Å². The Morgan fingerprint density at radius 1 is 1.35 bits per heavy atom. The second-order valence-electron chi connectivity index (χ2n) is 5.52. The maximum atomic E-state index is 12.3. The van der Waals surface area contributed by atoms with E-state index in [0.29, 0.717) is 12.5 Å². The molecule has 1 aromatic carbocycles. The Hall–Kier alpha value is -1.55. The molecule has 0 saturated carbocycles. The monoisotopic (exact) mass is 275 g/mol. The molecule has 1 aromatic rings. The molecule has 3 rings (SSSR count). The van der Waals surface area contributed by atoms with Gasteiger partial charge in [-0.25, -0.2) is 4.79 Å². The number of hydrogen-bond donors (Lipinski definition) is 1. The van der Waals surface area contributed by atoms with Crippen molar-refractivity contribution >= 4 is 11.7 Å². The first-order chi connectivity index (χ1) is 9.84. The van der Waals surface area contributed by atoms with Gasteiger partial charge in [-0.15, -0.1) is 0 Å². The van der Waals surface area contributed by atoms with Gasteiger partial charge in [0.15, 0.2) is 0 Å². The van der Waals surface area contributed by atoms with E-state index in [0.717, 1.165) is 62.3 Å². The lowest BCUT2D eigenvalue weighted by Gasteiger charge is -2.23. The smallest absolute Gasteiger partial charge is 0.338 e. The van der Waals surface area contributed by atoms with E-state index in [9.17, 15) is 4.79 Å². The van der Waals surface area contributed by atoms with Gasteiger partial charge in [-0.3, -0.25) is 0 Å². The summed E-state index contributed by atoms with van der Waals surface area (Å²) in [6, 6.07) is 5.82. The van der Waals surface area contributed by atoms with E-state index in [1.165, 1.54) is 0 Å². The maximum absolute atomic E-state index is 12.3. The van der Waals surface area contributed by atoms with Crippen molar-refractivity contribution in [1.82, 2.24) is 0 Å². The van der Waals surface area contributed by atoms with Gasteiger partial charge >= 0.3 is 5.97 Å². The molecule has 0 spiro atoms. The summed E-state index contributed by atoms with van der Waals surface area (Å²) < 4.78 is 10.8. The highest BCUT2D eigenvalue weighted by Gasteiger charge is 2.20. The number of esters is 1. The van der Waals surface area contributed by atoms with Crippen LogP contribution in [0.15, 0.2) is 18.2 Å². The zero-order valence-corrected chi connectivity index (χ0v) is 11.7. The first-order valence-corrected chi connectivity index (χ1v) is 7.45. The lowest BCUT2D eigenvalue weighted by atomic mass is 9.97. The minimum absolute atomic E-state index is 0.183. The van der Waals surface area contributed by atoms with Crippen molar-refractivity contribution in [3.63, 3.8) is 0 Å². The molecule has 2 aliphatic heterocycles. The molecule has 0 aliphatic carbocycles. The number of carbonyl (C=O) groups excluding carboxylic acids is 1. The predicted octanol–water partition coefficient (Wildman–Crippen LogP) is 2.63. The molecule has 0 amide bonds. The molecule has 1 fully saturated rings. The van der Waals surface area contributed by atoms with Crippen LogP contribution in [-0.2, 0) is 15.9 Å². The number of ether oxygens (including phenoxy) is 2. The van der Waals surface area contributed by atoms with E-state index >= 15 is 0 Å². The average molecular weight is 275 g/mol. The summed E-state index contributed by atoms with van der Waals surface area (Å²) in [4.78, 5) is 12.3. The second-order valence-corrected chi connectivity index (χ2v) is 5.52. The molecule has 20 heavy (non-hydrogen) atoms. The fraction of sp³-hybridized carbons (Fsp3) is 0.562. The zero-order valence-electron chi connectivity index (χ0n) is 11.7. The Morgan fingerprint density at radius 3 is 3.05 bits per heavy atom. The van der Waals surface area contributed by atoms with Gasteiger partial charge in [0.2, 0.25) is 0 Å². The molecule has 0 unspecified atom stereocenters. The van der Waals surface area contributed by atoms with Crippen molar-refractivity contribution in [3.05, 3.63) is 29.3 Å². The van der Waals surface area contributed by atoms with Crippen LogP contribution in [0.5, 0.6) is 0 Å². The highest BCUT2D eigenvalue weighted by molar-refractivity contribution is 5.93. The quantitative estimate of drug-likeness (QED) is 0.861. The Kier molecular flexibility index (Phi) is 4.21. The van der Waals surface area contributed by atoms with Crippen molar-refractivity contribution in [3.8, 4) is 0 Å². The zero-order chi connectivity index (χ0) is 13.8. The number of fused-ring (bicyclic) bond motifs is 1. The van der Waals surface area contributed by atoms with Crippen molar-refractivity contribution < 1.29 is 14.3 Å². The largest absolute Gasteiger partial charge is 0.462 e. The summed E-state index contributed by atoms with van der Waals surface area (Å²) in [7, 11) is 0. The predicted molar refractivity (Wildman–Crippen MR) is 77.1 cm³/mol. The van der Waals surface area contributed by atoms with Gasteiger partial charge < -0.3 is 14.8 Å². The van der Waals surface area contributed by atoms with Crippen LogP contribution in [0.3, 0.4) is 0 Å². The number of carbonyl (C=O) groups is 1. The molecule has 0 atom stereocenters. The Bertz CT molecular complexity index is 481. The third-order valence-corrected chi connectivity index (χ3v) is 4.11. The summed E-state index contributed by atoms with van der Waals surface area (Å²) in [6.07, 6.45) is 3.99. The minimum atomic E-state index is -0.183. The lowest BCUT2D eigenvalue weighted by molar-refractivity contribution is 0.0185. The van der Waals surface area contributed by atoms with Gasteiger partial charge in [0.1, 0.15) is 0 Å². The molecular formula is C16H21NO3. The Morgan fingerprint density at radius 2 is 2.20 bits per heavy atom. The summed E-state index contributed by atoms with van der Waals surface area (Å²) in [5.74, 6) is 0.266. The fourth-order valence-corrected chi connectivity index (χ4v) is 2.89. The van der Waals surface area contributed by atoms with Crippen LogP contribution in [0, 0.1) is 5.92 Å². The number of benzene rings is 1. The third kappa shape index (κ3) is 2.96. The standard InChI is InChI=1S/C16H21NO3/c18-16(20-11-12-6-9-19-10-7-12)14-3-1-5-15-13(14)4-2-8-17-15/h1,3,5,12,17H,2,4,6-11H2. The molecular weight excluding hydrogens is 254 g/mol. The number of anilines is 1. The van der Waals surface area contributed by atoms with E-state index < -0.39 is 0 Å². The van der Waals surface area contributed by atoms with Gasteiger partial charge in [-0.2, -0.15) is 0 Å². The van der Waals surface area contributed by atoms with Gasteiger partial charge in [0.25, 0.3) is 0 Å². The summed E-state index contributed by atoms with van der Waals surface area (Å²) >= 11 is 0. The van der Waals surface area contributed by atoms with Crippen LogP contribution in [0.25, 0.3) is 0 Å². The van der Waals surface area contributed by atoms with E-state index in [-0.39, 0.29) is 5.97 Å². The van der Waals surface area contributed by atoms with Crippen molar-refractivity contribution in [2.75, 3.05) is 31.7 Å². The summed E-state index contributed by atoms with van der Waals surface area (Å²) in [5, 5.41) is 3.34. The SMILES string of the molecule is O=C(OCC1CCOCC1)c1cccc2c1CCCN2. The minimum Gasteiger partial charge on any atom is -0.462 e. The van der Waals surface area contributed by atoms with Crippen LogP contribution >= 0.6 is 0 Å². The molecule has 0 bridgehead atoms. The highest BCUT2D eigenvalue weighted by Crippen LogP contribution is 2.26. The van der Waals surface area contributed by atoms with E-state index in [1.807, 2.05) is 18.2 Å². The first kappa shape index (κ1) is 13.4. The van der Waals surface area contributed by atoms with Gasteiger partial charge in [-0.05, 0) is 49.3 Å². The normalized spacial score (nSPS) is 19.0. The average Bonchev–Trinajstić information content (AvgIpc) is 2.53. The molecule has 1 saturated heterocycles. The molecule has 0 radical (unpaired) electrons. The van der Waals surface area contributed by atoms with Gasteiger partial charge in [0, 0.05) is 25.4 Å². The first-order valence-electron chi connectivity index (χ1n) is 7.45. The number of hydrogen-bond acceptors (Lipinski definition) is 4. The third-order valence-electron chi connectivity index (χ3n) is 4.11. The number of nitrogens with one attached hydrogen (secondary N) is 1. The molecule has 4 heteroatoms. The van der Waals surface area contributed by atoms with E-state index in [4.69, 9.17) is 9.47 Å². The topological polar surface area (TPSA) is 47.6 Å². The van der Waals surface area contributed by atoms with Crippen LogP contribution in [0.1, 0.15) is 35.2 Å². The molecule has 1 N–H and O–H groups in total. The molecule has 4 nitrogen and oxygen atoms in total. The fourth-order valence-electron chi connectivity index (χ4n) is 2.89. The van der Waals surface area contributed by atoms with Gasteiger partial charge in [0.05, 0.1) is 12.2 Å². The Balaban J connectivity index is 1.64. The van der Waals surface area contributed by atoms with E-state index in [2.05, 4.69) is 5.32 Å². The maximum Gasteiger partial charge on any atom is 0.338 e. The molecule has 108 valence electrons. The molecule has 2 heterocycles. The number of rotatable bonds is 3. The van der Waals surface area contributed by atoms with Crippen molar-refractivity contribution in [2.24, 2.45) is 5.92 Å². The molecule has 2 aliphatic rings. The summed E-state index contributed by atoms with van der Waals surface area (Å²) in [5.41, 5.74) is 2.91.